The number of rotatable bonds is 3. The highest BCUT2D eigenvalue weighted by molar-refractivity contribution is 7.18. The number of fused-ring (bicyclic) bond motifs is 4. The summed E-state index contributed by atoms with van der Waals surface area (Å²) in [4.78, 5) is 29.7. The van der Waals surface area contributed by atoms with Crippen LogP contribution in [0.1, 0.15) is 37.8 Å². The molecule has 28 heavy (non-hydrogen) atoms. The third-order valence-corrected chi connectivity index (χ3v) is 6.18. The van der Waals surface area contributed by atoms with Gasteiger partial charge < -0.3 is 9.88 Å². The molecule has 5 rings (SSSR count). The minimum atomic E-state index is -0.0477. The maximum absolute atomic E-state index is 12.9. The van der Waals surface area contributed by atoms with Crippen molar-refractivity contribution in [3.8, 4) is 0 Å². The zero-order valence-corrected chi connectivity index (χ0v) is 16.3. The highest BCUT2D eigenvalue weighted by Crippen LogP contribution is 2.25. The molecule has 1 aliphatic heterocycles. The Morgan fingerprint density at radius 2 is 2.11 bits per heavy atom. The number of aromatic nitrogens is 2. The van der Waals surface area contributed by atoms with Crippen molar-refractivity contribution >= 4 is 44.1 Å². The molecule has 1 N–H and O–H groups in total. The van der Waals surface area contributed by atoms with Crippen molar-refractivity contribution in [3.63, 3.8) is 0 Å². The molecule has 4 aromatic rings. The van der Waals surface area contributed by atoms with Crippen molar-refractivity contribution < 1.29 is 9.59 Å². The number of nitrogens with zero attached hydrogens (tertiary/aromatic N) is 2. The van der Waals surface area contributed by atoms with E-state index in [1.165, 1.54) is 0 Å². The number of benzene rings is 2. The lowest BCUT2D eigenvalue weighted by Crippen LogP contribution is -2.22. The summed E-state index contributed by atoms with van der Waals surface area (Å²) in [6, 6.07) is 13.7. The van der Waals surface area contributed by atoms with Crippen LogP contribution in [0.3, 0.4) is 0 Å². The molecule has 5 nitrogen and oxygen atoms in total. The van der Waals surface area contributed by atoms with Crippen LogP contribution in [0.2, 0.25) is 0 Å². The number of carbonyl (C=O) groups is 2. The number of Topliss-reactive ketones (excluding diaryl/α,β-unsaturated/α-hetero) is 1. The lowest BCUT2D eigenvalue weighted by Gasteiger charge is -2.07. The van der Waals surface area contributed by atoms with E-state index in [0.29, 0.717) is 24.2 Å². The van der Waals surface area contributed by atoms with Gasteiger partial charge in [-0.15, -0.1) is 11.3 Å². The SMILES string of the molecule is Cc1nc2cc(CC(=O)c3ccc4cc5n(c4c3)CCCNC5=O)ccc2s1. The molecular weight excluding hydrogens is 370 g/mol. The van der Waals surface area contributed by atoms with Gasteiger partial charge >= 0.3 is 0 Å². The molecule has 0 saturated carbocycles. The van der Waals surface area contributed by atoms with Crippen molar-refractivity contribution in [2.24, 2.45) is 0 Å². The monoisotopic (exact) mass is 389 g/mol. The largest absolute Gasteiger partial charge is 0.351 e. The summed E-state index contributed by atoms with van der Waals surface area (Å²) in [5.41, 5.74) is 4.21. The van der Waals surface area contributed by atoms with Crippen LogP contribution in [0.25, 0.3) is 21.1 Å². The standard InChI is InChI=1S/C22H19N3O2S/c1-13-24-17-9-14(3-6-21(17)28-13)10-20(26)16-5-4-15-11-19-22(27)23-7-2-8-25(19)18(15)12-16/h3-6,9,11-12H,2,7-8,10H2,1H3,(H,23,27). The first-order chi connectivity index (χ1) is 13.6. The van der Waals surface area contributed by atoms with Crippen molar-refractivity contribution in [1.82, 2.24) is 14.9 Å². The summed E-state index contributed by atoms with van der Waals surface area (Å²) in [6.07, 6.45) is 1.22. The average Bonchev–Trinajstić information content (AvgIpc) is 3.18. The molecule has 0 fully saturated rings. The van der Waals surface area contributed by atoms with Crippen LogP contribution >= 0.6 is 11.3 Å². The Balaban J connectivity index is 1.48. The van der Waals surface area contributed by atoms with Crippen LogP contribution in [0, 0.1) is 6.92 Å². The molecule has 2 aromatic heterocycles. The molecule has 2 aromatic carbocycles. The first kappa shape index (κ1) is 17.1. The Hall–Kier alpha value is -2.99. The lowest BCUT2D eigenvalue weighted by atomic mass is 10.0. The van der Waals surface area contributed by atoms with Gasteiger partial charge in [0.1, 0.15) is 5.69 Å². The molecule has 0 atom stereocenters. The Morgan fingerprint density at radius 1 is 1.21 bits per heavy atom. The van der Waals surface area contributed by atoms with E-state index in [0.717, 1.165) is 44.7 Å². The minimum Gasteiger partial charge on any atom is -0.351 e. The molecule has 0 bridgehead atoms. The first-order valence-electron chi connectivity index (χ1n) is 9.39. The number of hydrogen-bond acceptors (Lipinski definition) is 4. The summed E-state index contributed by atoms with van der Waals surface area (Å²) in [6.45, 7) is 3.44. The molecule has 6 heteroatoms. The molecule has 1 aliphatic rings. The Kier molecular flexibility index (Phi) is 4.02. The normalized spacial score (nSPS) is 14.1. The zero-order valence-electron chi connectivity index (χ0n) is 15.5. The van der Waals surface area contributed by atoms with E-state index in [1.807, 2.05) is 54.0 Å². The third kappa shape index (κ3) is 2.90. The molecule has 1 amide bonds. The van der Waals surface area contributed by atoms with Gasteiger partial charge in [0.2, 0.25) is 0 Å². The Morgan fingerprint density at radius 3 is 3.00 bits per heavy atom. The van der Waals surface area contributed by atoms with Crippen molar-refractivity contribution in [3.05, 3.63) is 64.3 Å². The summed E-state index contributed by atoms with van der Waals surface area (Å²) in [7, 11) is 0. The van der Waals surface area contributed by atoms with E-state index in [9.17, 15) is 9.59 Å². The Labute approximate surface area is 166 Å². The number of aryl methyl sites for hydroxylation is 2. The van der Waals surface area contributed by atoms with Crippen LogP contribution in [-0.4, -0.2) is 27.8 Å². The van der Waals surface area contributed by atoms with E-state index in [-0.39, 0.29) is 11.7 Å². The van der Waals surface area contributed by atoms with Gasteiger partial charge in [-0.05, 0) is 43.2 Å². The molecular formula is C22H19N3O2S. The number of nitrogens with one attached hydrogen (secondary N) is 1. The van der Waals surface area contributed by atoms with Gasteiger partial charge in [-0.1, -0.05) is 18.2 Å². The maximum atomic E-state index is 12.9. The number of thiazole rings is 1. The minimum absolute atomic E-state index is 0.0477. The third-order valence-electron chi connectivity index (χ3n) is 5.23. The summed E-state index contributed by atoms with van der Waals surface area (Å²) < 4.78 is 3.17. The maximum Gasteiger partial charge on any atom is 0.267 e. The van der Waals surface area contributed by atoms with E-state index in [4.69, 9.17) is 0 Å². The van der Waals surface area contributed by atoms with Gasteiger partial charge in [0.25, 0.3) is 5.91 Å². The number of hydrogen-bond donors (Lipinski definition) is 1. The van der Waals surface area contributed by atoms with Crippen molar-refractivity contribution in [2.75, 3.05) is 6.54 Å². The van der Waals surface area contributed by atoms with Crippen LogP contribution in [0.5, 0.6) is 0 Å². The van der Waals surface area contributed by atoms with Crippen molar-refractivity contribution in [1.29, 1.82) is 0 Å². The smallest absolute Gasteiger partial charge is 0.267 e. The molecule has 0 saturated heterocycles. The van der Waals surface area contributed by atoms with E-state index >= 15 is 0 Å². The second-order valence-electron chi connectivity index (χ2n) is 7.20. The highest BCUT2D eigenvalue weighted by atomic mass is 32.1. The summed E-state index contributed by atoms with van der Waals surface area (Å²) >= 11 is 1.66. The fourth-order valence-electron chi connectivity index (χ4n) is 3.87. The van der Waals surface area contributed by atoms with Crippen molar-refractivity contribution in [2.45, 2.75) is 26.3 Å². The van der Waals surface area contributed by atoms with Crippen LogP contribution in [-0.2, 0) is 13.0 Å². The molecule has 140 valence electrons. The van der Waals surface area contributed by atoms with Crippen LogP contribution < -0.4 is 5.32 Å². The lowest BCUT2D eigenvalue weighted by molar-refractivity contribution is 0.0950. The predicted octanol–water partition coefficient (Wildman–Crippen LogP) is 4.12. The van der Waals surface area contributed by atoms with Gasteiger partial charge in [0.15, 0.2) is 5.78 Å². The number of ketones is 1. The summed E-state index contributed by atoms with van der Waals surface area (Å²) in [5, 5.41) is 4.93. The van der Waals surface area contributed by atoms with Gasteiger partial charge in [-0.2, -0.15) is 0 Å². The molecule has 0 aliphatic carbocycles. The molecule has 0 radical (unpaired) electrons. The second kappa shape index (κ2) is 6.56. The number of amides is 1. The van der Waals surface area contributed by atoms with Gasteiger partial charge in [-0.25, -0.2) is 4.98 Å². The van der Waals surface area contributed by atoms with Gasteiger partial charge in [0, 0.05) is 36.0 Å². The van der Waals surface area contributed by atoms with Crippen LogP contribution in [0.15, 0.2) is 42.5 Å². The molecule has 0 spiro atoms. The average molecular weight is 389 g/mol. The fourth-order valence-corrected chi connectivity index (χ4v) is 4.68. The quantitative estimate of drug-likeness (QED) is 0.536. The number of carbonyl (C=O) groups excluding carboxylic acids is 2. The van der Waals surface area contributed by atoms with Crippen LogP contribution in [0.4, 0.5) is 0 Å². The van der Waals surface area contributed by atoms with E-state index < -0.39 is 0 Å². The zero-order chi connectivity index (χ0) is 19.3. The first-order valence-corrected chi connectivity index (χ1v) is 10.2. The van der Waals surface area contributed by atoms with E-state index in [2.05, 4.69) is 10.3 Å². The molecule has 3 heterocycles. The van der Waals surface area contributed by atoms with Gasteiger partial charge in [0.05, 0.1) is 15.2 Å². The molecule has 0 unspecified atom stereocenters. The second-order valence-corrected chi connectivity index (χ2v) is 8.43. The Bertz CT molecular complexity index is 1250. The van der Waals surface area contributed by atoms with E-state index in [1.54, 1.807) is 11.3 Å². The highest BCUT2D eigenvalue weighted by Gasteiger charge is 2.19. The summed E-state index contributed by atoms with van der Waals surface area (Å²) in [5.74, 6) is 0.0234. The fraction of sp³-hybridized carbons (Fsp3) is 0.227. The topological polar surface area (TPSA) is 64.0 Å². The van der Waals surface area contributed by atoms with Gasteiger partial charge in [-0.3, -0.25) is 9.59 Å². The predicted molar refractivity (Wildman–Crippen MR) is 111 cm³/mol.